The largest absolute Gasteiger partial charge is 0.389 e. The van der Waals surface area contributed by atoms with Gasteiger partial charge in [-0.2, -0.15) is 0 Å². The van der Waals surface area contributed by atoms with Gasteiger partial charge in [-0.25, -0.2) is 12.4 Å². The van der Waals surface area contributed by atoms with Crippen LogP contribution in [0.1, 0.15) is 18.6 Å². The Kier molecular flexibility index (Phi) is 3.31. The van der Waals surface area contributed by atoms with Crippen molar-refractivity contribution in [3.8, 4) is 0 Å². The van der Waals surface area contributed by atoms with Gasteiger partial charge in [-0.15, -0.1) is 0 Å². The van der Waals surface area contributed by atoms with E-state index in [0.29, 0.717) is 11.1 Å². The Hall–Kier alpha value is -2.11. The van der Waals surface area contributed by atoms with Gasteiger partial charge in [0.15, 0.2) is 0 Å². The Morgan fingerprint density at radius 3 is 2.29 bits per heavy atom. The topological polar surface area (TPSA) is 59.3 Å². The highest BCUT2D eigenvalue weighted by molar-refractivity contribution is 7.90. The Labute approximate surface area is 123 Å². The fourth-order valence-electron chi connectivity index (χ4n) is 2.41. The zero-order valence-electron chi connectivity index (χ0n) is 11.5. The van der Waals surface area contributed by atoms with Crippen molar-refractivity contribution in [2.24, 2.45) is 0 Å². The van der Waals surface area contributed by atoms with Crippen molar-refractivity contribution >= 4 is 20.9 Å². The number of nitrogens with zero attached hydrogens (tertiary/aromatic N) is 1. The molecule has 1 atom stereocenters. The molecule has 2 aromatic carbocycles. The maximum Gasteiger partial charge on any atom is 0.268 e. The van der Waals surface area contributed by atoms with E-state index >= 15 is 0 Å². The van der Waals surface area contributed by atoms with E-state index in [0.717, 1.165) is 5.39 Å². The molecular formula is C16H15NO3S. The molecule has 0 fully saturated rings. The number of hydrogen-bond donors (Lipinski definition) is 1. The van der Waals surface area contributed by atoms with Crippen molar-refractivity contribution in [3.05, 3.63) is 66.4 Å². The number of aliphatic hydroxyl groups is 1. The van der Waals surface area contributed by atoms with Crippen molar-refractivity contribution in [2.45, 2.75) is 17.9 Å². The summed E-state index contributed by atoms with van der Waals surface area (Å²) in [5.74, 6) is 0. The van der Waals surface area contributed by atoms with Gasteiger partial charge in [-0.05, 0) is 25.1 Å². The van der Waals surface area contributed by atoms with Crippen LogP contribution in [-0.2, 0) is 10.0 Å². The molecule has 108 valence electrons. The molecule has 1 heterocycles. The van der Waals surface area contributed by atoms with Gasteiger partial charge in [0, 0.05) is 17.1 Å². The van der Waals surface area contributed by atoms with Crippen LogP contribution in [0.25, 0.3) is 10.9 Å². The van der Waals surface area contributed by atoms with Crippen LogP contribution in [0.2, 0.25) is 0 Å². The van der Waals surface area contributed by atoms with Crippen molar-refractivity contribution in [1.82, 2.24) is 3.97 Å². The average Bonchev–Trinajstić information content (AvgIpc) is 2.88. The fraction of sp³-hybridized carbons (Fsp3) is 0.125. The van der Waals surface area contributed by atoms with Crippen LogP contribution < -0.4 is 0 Å². The number of para-hydroxylation sites is 1. The van der Waals surface area contributed by atoms with Crippen molar-refractivity contribution in [1.29, 1.82) is 0 Å². The molecule has 1 N–H and O–H groups in total. The molecule has 3 aromatic rings. The molecule has 5 heteroatoms. The Morgan fingerprint density at radius 1 is 1.00 bits per heavy atom. The van der Waals surface area contributed by atoms with Crippen LogP contribution in [0.4, 0.5) is 0 Å². The van der Waals surface area contributed by atoms with E-state index in [2.05, 4.69) is 0 Å². The Morgan fingerprint density at radius 2 is 1.62 bits per heavy atom. The first kappa shape index (κ1) is 13.9. The molecule has 0 aliphatic heterocycles. The van der Waals surface area contributed by atoms with E-state index in [4.69, 9.17) is 0 Å². The van der Waals surface area contributed by atoms with Crippen LogP contribution in [-0.4, -0.2) is 17.5 Å². The number of hydrogen-bond acceptors (Lipinski definition) is 3. The lowest BCUT2D eigenvalue weighted by atomic mass is 10.1. The zero-order valence-corrected chi connectivity index (χ0v) is 12.3. The van der Waals surface area contributed by atoms with Crippen LogP contribution in [0.3, 0.4) is 0 Å². The monoisotopic (exact) mass is 301 g/mol. The lowest BCUT2D eigenvalue weighted by Crippen LogP contribution is -2.11. The third-order valence-electron chi connectivity index (χ3n) is 3.46. The van der Waals surface area contributed by atoms with E-state index in [9.17, 15) is 13.5 Å². The molecule has 0 spiro atoms. The minimum absolute atomic E-state index is 0.225. The van der Waals surface area contributed by atoms with Gasteiger partial charge in [0.2, 0.25) is 0 Å². The predicted octanol–water partition coefficient (Wildman–Crippen LogP) is 2.93. The summed E-state index contributed by atoms with van der Waals surface area (Å²) >= 11 is 0. The number of aliphatic hydroxyl groups excluding tert-OH is 1. The van der Waals surface area contributed by atoms with E-state index in [1.807, 2.05) is 12.1 Å². The molecule has 0 unspecified atom stereocenters. The molecule has 0 saturated carbocycles. The number of rotatable bonds is 3. The van der Waals surface area contributed by atoms with Gasteiger partial charge in [-0.1, -0.05) is 36.4 Å². The summed E-state index contributed by atoms with van der Waals surface area (Å²) < 4.78 is 26.8. The van der Waals surface area contributed by atoms with Crippen LogP contribution in [0, 0.1) is 0 Å². The maximum atomic E-state index is 12.8. The summed E-state index contributed by atoms with van der Waals surface area (Å²) in [7, 11) is -3.67. The summed E-state index contributed by atoms with van der Waals surface area (Å²) in [6.07, 6.45) is 0.764. The smallest absolute Gasteiger partial charge is 0.268 e. The summed E-state index contributed by atoms with van der Waals surface area (Å²) in [5.41, 5.74) is 1.17. The average molecular weight is 301 g/mol. The van der Waals surface area contributed by atoms with Crippen LogP contribution in [0.5, 0.6) is 0 Å². The molecule has 0 bridgehead atoms. The van der Waals surface area contributed by atoms with E-state index in [1.165, 1.54) is 10.2 Å². The molecule has 3 rings (SSSR count). The molecule has 0 radical (unpaired) electrons. The van der Waals surface area contributed by atoms with Gasteiger partial charge in [0.05, 0.1) is 16.5 Å². The highest BCUT2D eigenvalue weighted by Crippen LogP contribution is 2.29. The minimum Gasteiger partial charge on any atom is -0.389 e. The first-order valence-corrected chi connectivity index (χ1v) is 8.04. The van der Waals surface area contributed by atoms with Gasteiger partial charge >= 0.3 is 0 Å². The third kappa shape index (κ3) is 2.24. The van der Waals surface area contributed by atoms with Crippen molar-refractivity contribution in [3.63, 3.8) is 0 Å². The van der Waals surface area contributed by atoms with E-state index < -0.39 is 16.1 Å². The highest BCUT2D eigenvalue weighted by atomic mass is 32.2. The first-order chi connectivity index (χ1) is 10.0. The number of aromatic nitrogens is 1. The number of benzene rings is 2. The molecular weight excluding hydrogens is 286 g/mol. The zero-order chi connectivity index (χ0) is 15.0. The summed E-state index contributed by atoms with van der Waals surface area (Å²) in [5, 5.41) is 10.6. The molecule has 4 nitrogen and oxygen atoms in total. The third-order valence-corrected chi connectivity index (χ3v) is 5.15. The normalized spacial score (nSPS) is 13.4. The minimum atomic E-state index is -3.67. The number of fused-ring (bicyclic) bond motifs is 1. The van der Waals surface area contributed by atoms with E-state index in [-0.39, 0.29) is 4.90 Å². The second-order valence-electron chi connectivity index (χ2n) is 4.89. The van der Waals surface area contributed by atoms with Crippen LogP contribution in [0.15, 0.2) is 65.7 Å². The molecule has 0 aliphatic rings. The van der Waals surface area contributed by atoms with Crippen LogP contribution >= 0.6 is 0 Å². The maximum absolute atomic E-state index is 12.8. The van der Waals surface area contributed by atoms with Crippen molar-refractivity contribution < 1.29 is 13.5 Å². The first-order valence-electron chi connectivity index (χ1n) is 6.60. The summed E-state index contributed by atoms with van der Waals surface area (Å²) in [4.78, 5) is 0.225. The Bertz CT molecular complexity index is 880. The molecule has 21 heavy (non-hydrogen) atoms. The van der Waals surface area contributed by atoms with Crippen molar-refractivity contribution in [2.75, 3.05) is 0 Å². The second kappa shape index (κ2) is 5.02. The lowest BCUT2D eigenvalue weighted by molar-refractivity contribution is 0.201. The highest BCUT2D eigenvalue weighted by Gasteiger charge is 2.21. The van der Waals surface area contributed by atoms with Gasteiger partial charge in [-0.3, -0.25) is 0 Å². The predicted molar refractivity (Wildman–Crippen MR) is 81.6 cm³/mol. The standard InChI is InChI=1S/C16H15NO3S/c1-12(18)15-11-17(16-10-6-5-9-14(15)16)21(19,20)13-7-3-2-4-8-13/h2-12,18H,1H3/t12-/m0/s1. The van der Waals surface area contributed by atoms with Gasteiger partial charge < -0.3 is 5.11 Å². The molecule has 0 aliphatic carbocycles. The Balaban J connectivity index is 2.31. The quantitative estimate of drug-likeness (QED) is 0.809. The summed E-state index contributed by atoms with van der Waals surface area (Å²) in [6.45, 7) is 1.63. The van der Waals surface area contributed by atoms with E-state index in [1.54, 1.807) is 49.4 Å². The van der Waals surface area contributed by atoms with Gasteiger partial charge in [0.25, 0.3) is 10.0 Å². The van der Waals surface area contributed by atoms with Gasteiger partial charge in [0.1, 0.15) is 0 Å². The molecule has 1 aromatic heterocycles. The SMILES string of the molecule is C[C@H](O)c1cn(S(=O)(=O)c2ccccc2)c2ccccc12. The summed E-state index contributed by atoms with van der Waals surface area (Å²) in [6, 6.07) is 15.4. The molecule has 0 amide bonds. The lowest BCUT2D eigenvalue weighted by Gasteiger charge is -2.07. The fourth-order valence-corrected chi connectivity index (χ4v) is 3.81. The second-order valence-corrected chi connectivity index (χ2v) is 6.71. The molecule has 0 saturated heterocycles.